The second kappa shape index (κ2) is 9.59. The Hall–Kier alpha value is -2.06. The van der Waals surface area contributed by atoms with Crippen LogP contribution < -0.4 is 9.47 Å². The second-order valence-electron chi connectivity index (χ2n) is 5.59. The van der Waals surface area contributed by atoms with Crippen molar-refractivity contribution in [3.05, 3.63) is 28.7 Å². The first kappa shape index (κ1) is 20.3. The first-order valence-corrected chi connectivity index (χ1v) is 9.46. The molecule has 0 aromatic heterocycles. The molecule has 1 aromatic rings. The maximum atomic E-state index is 12.4. The van der Waals surface area contributed by atoms with Gasteiger partial charge in [-0.15, -0.1) is 0 Å². The van der Waals surface area contributed by atoms with Gasteiger partial charge in [-0.2, -0.15) is 0 Å². The first-order valence-electron chi connectivity index (χ1n) is 8.24. The predicted octanol–water partition coefficient (Wildman–Crippen LogP) is 3.55. The van der Waals surface area contributed by atoms with E-state index in [9.17, 15) is 9.59 Å². The third kappa shape index (κ3) is 5.22. The quantitative estimate of drug-likeness (QED) is 0.389. The molecule has 0 bridgehead atoms. The molecule has 1 fully saturated rings. The van der Waals surface area contributed by atoms with Crippen molar-refractivity contribution in [3.63, 3.8) is 0 Å². The van der Waals surface area contributed by atoms with Gasteiger partial charge in [0.15, 0.2) is 11.5 Å². The van der Waals surface area contributed by atoms with Crippen molar-refractivity contribution in [2.45, 2.75) is 26.2 Å². The molecule has 0 radical (unpaired) electrons. The molecule has 8 heteroatoms. The molecule has 1 aromatic carbocycles. The van der Waals surface area contributed by atoms with E-state index >= 15 is 0 Å². The average Bonchev–Trinajstić information content (AvgIpc) is 2.87. The number of nitrogens with zero attached hydrogens (tertiary/aromatic N) is 1. The minimum atomic E-state index is -0.966. The summed E-state index contributed by atoms with van der Waals surface area (Å²) in [6.07, 6.45) is 3.59. The number of methoxy groups -OCH3 is 1. The van der Waals surface area contributed by atoms with Crippen LogP contribution in [0.3, 0.4) is 0 Å². The number of amides is 1. The Morgan fingerprint density at radius 2 is 2.15 bits per heavy atom. The van der Waals surface area contributed by atoms with E-state index in [1.54, 1.807) is 19.3 Å². The van der Waals surface area contributed by atoms with Crippen molar-refractivity contribution < 1.29 is 24.2 Å². The molecule has 1 saturated heterocycles. The Labute approximate surface area is 162 Å². The third-order valence-electron chi connectivity index (χ3n) is 3.66. The number of carbonyl (C=O) groups is 2. The Morgan fingerprint density at radius 1 is 1.38 bits per heavy atom. The summed E-state index contributed by atoms with van der Waals surface area (Å²) in [4.78, 5) is 24.9. The normalized spacial score (nSPS) is 15.6. The van der Waals surface area contributed by atoms with Crippen LogP contribution >= 0.6 is 24.0 Å². The number of unbranched alkanes of at least 4 members (excludes halogenated alkanes) is 1. The van der Waals surface area contributed by atoms with Crippen molar-refractivity contribution in [1.29, 1.82) is 0 Å². The van der Waals surface area contributed by atoms with Crippen molar-refractivity contribution in [1.82, 2.24) is 4.90 Å². The lowest BCUT2D eigenvalue weighted by atomic mass is 10.2. The summed E-state index contributed by atoms with van der Waals surface area (Å²) in [5.41, 5.74) is 0.781. The van der Waals surface area contributed by atoms with Crippen LogP contribution in [0.2, 0.25) is 0 Å². The zero-order valence-electron chi connectivity index (χ0n) is 14.7. The smallest absolute Gasteiger partial charge is 0.305 e. The van der Waals surface area contributed by atoms with E-state index in [0.717, 1.165) is 18.4 Å². The fraction of sp³-hybridized carbons (Fsp3) is 0.389. The highest BCUT2D eigenvalue weighted by molar-refractivity contribution is 8.26. The lowest BCUT2D eigenvalue weighted by Gasteiger charge is -2.12. The summed E-state index contributed by atoms with van der Waals surface area (Å²) < 4.78 is 11.4. The molecule has 0 saturated carbocycles. The van der Waals surface area contributed by atoms with Crippen molar-refractivity contribution in [3.8, 4) is 11.5 Å². The van der Waals surface area contributed by atoms with Crippen LogP contribution in [0.1, 0.15) is 31.7 Å². The molecule has 2 rings (SSSR count). The number of carboxylic acids is 1. The van der Waals surface area contributed by atoms with Crippen LogP contribution in [-0.2, 0) is 9.59 Å². The summed E-state index contributed by atoms with van der Waals surface area (Å²) >= 11 is 6.35. The van der Waals surface area contributed by atoms with Gasteiger partial charge >= 0.3 is 5.97 Å². The molecule has 26 heavy (non-hydrogen) atoms. The van der Waals surface area contributed by atoms with Crippen LogP contribution in [0, 0.1) is 0 Å². The van der Waals surface area contributed by atoms with E-state index in [0.29, 0.717) is 27.3 Å². The lowest BCUT2D eigenvalue weighted by molar-refractivity contribution is -0.137. The molecular formula is C18H21NO5S2. The van der Waals surface area contributed by atoms with E-state index in [2.05, 4.69) is 6.92 Å². The van der Waals surface area contributed by atoms with Gasteiger partial charge in [-0.3, -0.25) is 14.5 Å². The van der Waals surface area contributed by atoms with Crippen LogP contribution in [0.4, 0.5) is 0 Å². The van der Waals surface area contributed by atoms with Gasteiger partial charge in [0.1, 0.15) is 4.32 Å². The predicted molar refractivity (Wildman–Crippen MR) is 106 cm³/mol. The van der Waals surface area contributed by atoms with E-state index in [-0.39, 0.29) is 18.9 Å². The largest absolute Gasteiger partial charge is 0.493 e. The molecule has 1 aliphatic rings. The Balaban J connectivity index is 2.14. The monoisotopic (exact) mass is 395 g/mol. The number of hydrogen-bond donors (Lipinski definition) is 1. The molecule has 1 amide bonds. The molecular weight excluding hydrogens is 374 g/mol. The number of carbonyl (C=O) groups excluding carboxylic acids is 1. The van der Waals surface area contributed by atoms with Crippen molar-refractivity contribution in [2.75, 3.05) is 20.3 Å². The summed E-state index contributed by atoms with van der Waals surface area (Å²) in [5.74, 6) is 0.0123. The molecule has 0 spiro atoms. The molecule has 1 aliphatic heterocycles. The minimum absolute atomic E-state index is 0.0743. The Bertz CT molecular complexity index is 732. The highest BCUT2D eigenvalue weighted by Gasteiger charge is 2.32. The Morgan fingerprint density at radius 3 is 2.81 bits per heavy atom. The number of carboxylic acid groups (broad SMARTS) is 1. The first-order chi connectivity index (χ1) is 12.5. The van der Waals surface area contributed by atoms with Gasteiger partial charge in [-0.1, -0.05) is 43.4 Å². The molecule has 6 nitrogen and oxygen atoms in total. The van der Waals surface area contributed by atoms with Crippen molar-refractivity contribution in [2.24, 2.45) is 0 Å². The molecule has 0 aliphatic carbocycles. The van der Waals surface area contributed by atoms with Gasteiger partial charge in [0.25, 0.3) is 5.91 Å². The van der Waals surface area contributed by atoms with Gasteiger partial charge < -0.3 is 14.6 Å². The summed E-state index contributed by atoms with van der Waals surface area (Å²) in [6, 6.07) is 5.45. The molecule has 1 heterocycles. The van der Waals surface area contributed by atoms with Gasteiger partial charge in [0, 0.05) is 6.54 Å². The number of thioether (sulfide) groups is 1. The van der Waals surface area contributed by atoms with Gasteiger partial charge in [-0.25, -0.2) is 0 Å². The SMILES string of the molecule is CCCCOc1ccc(/C=C2/SC(=S)N(CCC(=O)O)C2=O)cc1OC. The number of thiocarbonyl (C=S) groups is 1. The zero-order chi connectivity index (χ0) is 19.1. The van der Waals surface area contributed by atoms with E-state index in [4.69, 9.17) is 26.8 Å². The van der Waals surface area contributed by atoms with Crippen LogP contribution in [0.5, 0.6) is 11.5 Å². The minimum Gasteiger partial charge on any atom is -0.493 e. The van der Waals surface area contributed by atoms with Crippen LogP contribution in [0.25, 0.3) is 6.08 Å². The van der Waals surface area contributed by atoms with Crippen LogP contribution in [-0.4, -0.2) is 46.5 Å². The van der Waals surface area contributed by atoms with Gasteiger partial charge in [-0.05, 0) is 30.2 Å². The summed E-state index contributed by atoms with van der Waals surface area (Å²) in [6.45, 7) is 2.79. The highest BCUT2D eigenvalue weighted by Crippen LogP contribution is 2.34. The number of aliphatic carboxylic acids is 1. The molecule has 140 valence electrons. The van der Waals surface area contributed by atoms with Gasteiger partial charge in [0.2, 0.25) is 0 Å². The molecule has 1 N–H and O–H groups in total. The number of benzene rings is 1. The maximum Gasteiger partial charge on any atom is 0.305 e. The van der Waals surface area contributed by atoms with E-state index < -0.39 is 5.97 Å². The topological polar surface area (TPSA) is 76.1 Å². The zero-order valence-corrected chi connectivity index (χ0v) is 16.3. The fourth-order valence-electron chi connectivity index (χ4n) is 2.27. The summed E-state index contributed by atoms with van der Waals surface area (Å²) in [5, 5.41) is 8.78. The lowest BCUT2D eigenvalue weighted by Crippen LogP contribution is -2.30. The maximum absolute atomic E-state index is 12.4. The van der Waals surface area contributed by atoms with Gasteiger partial charge in [0.05, 0.1) is 25.0 Å². The third-order valence-corrected chi connectivity index (χ3v) is 5.04. The standard InChI is InChI=1S/C18H21NO5S2/c1-3-4-9-24-13-6-5-12(10-14(13)23-2)11-15-17(22)19(18(25)26-15)8-7-16(20)21/h5-6,10-11H,3-4,7-9H2,1-2H3,(H,20,21)/b15-11+. The second-order valence-corrected chi connectivity index (χ2v) is 7.27. The van der Waals surface area contributed by atoms with E-state index in [1.807, 2.05) is 12.1 Å². The Kier molecular flexibility index (Phi) is 7.47. The molecule has 0 atom stereocenters. The number of ether oxygens (including phenoxy) is 2. The number of hydrogen-bond acceptors (Lipinski definition) is 6. The van der Waals surface area contributed by atoms with Crippen molar-refractivity contribution >= 4 is 46.3 Å². The molecule has 0 unspecified atom stereocenters. The average molecular weight is 396 g/mol. The highest BCUT2D eigenvalue weighted by atomic mass is 32.2. The fourth-order valence-corrected chi connectivity index (χ4v) is 3.58. The number of rotatable bonds is 9. The summed E-state index contributed by atoms with van der Waals surface area (Å²) in [7, 11) is 1.57. The van der Waals surface area contributed by atoms with E-state index in [1.165, 1.54) is 16.7 Å². The van der Waals surface area contributed by atoms with Crippen LogP contribution in [0.15, 0.2) is 23.1 Å².